The summed E-state index contributed by atoms with van der Waals surface area (Å²) >= 11 is 0. The third kappa shape index (κ3) is 4.53. The minimum absolute atomic E-state index is 0.0741. The highest BCUT2D eigenvalue weighted by Gasteiger charge is 2.21. The normalized spacial score (nSPS) is 15.9. The largest absolute Gasteiger partial charge is 0.486 e. The lowest BCUT2D eigenvalue weighted by Gasteiger charge is -2.36. The fraction of sp³-hybridized carbons (Fsp3) is 0.391. The molecule has 29 heavy (non-hydrogen) atoms. The van der Waals surface area contributed by atoms with Gasteiger partial charge in [-0.05, 0) is 55.3 Å². The van der Waals surface area contributed by atoms with E-state index in [2.05, 4.69) is 4.90 Å². The predicted molar refractivity (Wildman–Crippen MR) is 111 cm³/mol. The first-order chi connectivity index (χ1) is 14.1. The standard InChI is InChI=1S/C23H26N2O4/c1-17(26)19-4-6-20(7-5-19)24-10-12-25(13-11-24)23(27)9-3-18-2-8-21-22(16-18)29-15-14-28-21/h2,4-8,16H,3,9-15H2,1H3. The first-order valence-corrected chi connectivity index (χ1v) is 10.1. The summed E-state index contributed by atoms with van der Waals surface area (Å²) < 4.78 is 11.2. The van der Waals surface area contributed by atoms with E-state index in [9.17, 15) is 9.59 Å². The summed E-state index contributed by atoms with van der Waals surface area (Å²) in [5, 5.41) is 0. The molecule has 2 heterocycles. The molecule has 2 aliphatic rings. The molecule has 4 rings (SSSR count). The number of amides is 1. The maximum atomic E-state index is 12.6. The molecule has 0 spiro atoms. The van der Waals surface area contributed by atoms with Gasteiger partial charge >= 0.3 is 0 Å². The summed E-state index contributed by atoms with van der Waals surface area (Å²) in [6.07, 6.45) is 1.19. The Labute approximate surface area is 171 Å². The van der Waals surface area contributed by atoms with E-state index < -0.39 is 0 Å². The van der Waals surface area contributed by atoms with Crippen molar-refractivity contribution in [2.45, 2.75) is 19.8 Å². The SMILES string of the molecule is CC(=O)c1ccc(N2CCN(C(=O)CCc3ccc4c(c3)OCCO4)CC2)cc1. The van der Waals surface area contributed by atoms with Gasteiger partial charge in [-0.3, -0.25) is 9.59 Å². The maximum absolute atomic E-state index is 12.6. The van der Waals surface area contributed by atoms with Crippen molar-refractivity contribution in [2.75, 3.05) is 44.3 Å². The van der Waals surface area contributed by atoms with E-state index in [1.807, 2.05) is 47.4 Å². The van der Waals surface area contributed by atoms with Crippen LogP contribution in [0.15, 0.2) is 42.5 Å². The van der Waals surface area contributed by atoms with Crippen LogP contribution in [0.1, 0.15) is 29.3 Å². The first kappa shape index (κ1) is 19.3. The third-order valence-electron chi connectivity index (χ3n) is 5.51. The van der Waals surface area contributed by atoms with Crippen molar-refractivity contribution in [1.82, 2.24) is 4.90 Å². The summed E-state index contributed by atoms with van der Waals surface area (Å²) in [6, 6.07) is 13.6. The van der Waals surface area contributed by atoms with E-state index in [1.54, 1.807) is 6.92 Å². The molecule has 6 heteroatoms. The van der Waals surface area contributed by atoms with Gasteiger partial charge in [-0.2, -0.15) is 0 Å². The van der Waals surface area contributed by atoms with Crippen LogP contribution in [0, 0.1) is 0 Å². The van der Waals surface area contributed by atoms with Crippen LogP contribution in [0.25, 0.3) is 0 Å². The molecular formula is C23H26N2O4. The van der Waals surface area contributed by atoms with Gasteiger partial charge in [0, 0.05) is 43.9 Å². The molecule has 1 fully saturated rings. The van der Waals surface area contributed by atoms with E-state index in [-0.39, 0.29) is 11.7 Å². The lowest BCUT2D eigenvalue weighted by Crippen LogP contribution is -2.48. The molecule has 152 valence electrons. The number of benzene rings is 2. The van der Waals surface area contributed by atoms with Crippen LogP contribution in [-0.2, 0) is 11.2 Å². The molecule has 0 aromatic heterocycles. The Hall–Kier alpha value is -3.02. The van der Waals surface area contributed by atoms with Crippen LogP contribution in [0.2, 0.25) is 0 Å². The van der Waals surface area contributed by atoms with Gasteiger partial charge in [-0.1, -0.05) is 6.07 Å². The summed E-state index contributed by atoms with van der Waals surface area (Å²) in [7, 11) is 0. The number of Topliss-reactive ketones (excluding diaryl/α,β-unsaturated/α-hetero) is 1. The van der Waals surface area contributed by atoms with Gasteiger partial charge in [-0.25, -0.2) is 0 Å². The van der Waals surface area contributed by atoms with Gasteiger partial charge < -0.3 is 19.3 Å². The Balaban J connectivity index is 1.27. The summed E-state index contributed by atoms with van der Waals surface area (Å²) in [6.45, 7) is 5.76. The molecule has 0 aliphatic carbocycles. The molecule has 0 N–H and O–H groups in total. The number of carbonyl (C=O) groups excluding carboxylic acids is 2. The van der Waals surface area contributed by atoms with Crippen molar-refractivity contribution in [1.29, 1.82) is 0 Å². The second-order valence-electron chi connectivity index (χ2n) is 7.45. The number of ether oxygens (including phenoxy) is 2. The fourth-order valence-electron chi connectivity index (χ4n) is 3.77. The lowest BCUT2D eigenvalue weighted by atomic mass is 10.1. The molecule has 6 nitrogen and oxygen atoms in total. The first-order valence-electron chi connectivity index (χ1n) is 10.1. The van der Waals surface area contributed by atoms with Crippen LogP contribution < -0.4 is 14.4 Å². The molecule has 1 saturated heterocycles. The molecule has 1 amide bonds. The van der Waals surface area contributed by atoms with Crippen molar-refractivity contribution in [3.8, 4) is 11.5 Å². The number of aryl methyl sites for hydroxylation is 1. The molecule has 0 bridgehead atoms. The molecule has 2 aromatic rings. The zero-order valence-electron chi connectivity index (χ0n) is 16.7. The Morgan fingerprint density at radius 1 is 0.897 bits per heavy atom. The molecule has 0 radical (unpaired) electrons. The number of fused-ring (bicyclic) bond motifs is 1. The molecular weight excluding hydrogens is 368 g/mol. The highest BCUT2D eigenvalue weighted by molar-refractivity contribution is 5.94. The van der Waals surface area contributed by atoms with Gasteiger partial charge in [-0.15, -0.1) is 0 Å². The smallest absolute Gasteiger partial charge is 0.223 e. The number of hydrogen-bond donors (Lipinski definition) is 0. The molecule has 0 unspecified atom stereocenters. The van der Waals surface area contributed by atoms with Crippen molar-refractivity contribution < 1.29 is 19.1 Å². The Kier molecular flexibility index (Phi) is 5.69. The van der Waals surface area contributed by atoms with Gasteiger partial charge in [0.1, 0.15) is 13.2 Å². The molecule has 0 saturated carbocycles. The highest BCUT2D eigenvalue weighted by Crippen LogP contribution is 2.31. The summed E-state index contributed by atoms with van der Waals surface area (Å²) in [5.74, 6) is 1.81. The second kappa shape index (κ2) is 8.55. The zero-order valence-corrected chi connectivity index (χ0v) is 16.7. The van der Waals surface area contributed by atoms with Crippen molar-refractivity contribution in [3.05, 3.63) is 53.6 Å². The topological polar surface area (TPSA) is 59.1 Å². The van der Waals surface area contributed by atoms with Crippen molar-refractivity contribution in [2.24, 2.45) is 0 Å². The summed E-state index contributed by atoms with van der Waals surface area (Å²) in [4.78, 5) is 28.3. The van der Waals surface area contributed by atoms with E-state index in [0.29, 0.717) is 39.1 Å². The maximum Gasteiger partial charge on any atom is 0.223 e. The average Bonchev–Trinajstić information content (AvgIpc) is 2.77. The molecule has 2 aliphatic heterocycles. The number of rotatable bonds is 5. The minimum atomic E-state index is 0.0741. The predicted octanol–water partition coefficient (Wildman–Crippen LogP) is 2.94. The van der Waals surface area contributed by atoms with Crippen molar-refractivity contribution >= 4 is 17.4 Å². The molecule has 2 aromatic carbocycles. The zero-order chi connectivity index (χ0) is 20.2. The van der Waals surface area contributed by atoms with E-state index in [0.717, 1.165) is 41.4 Å². The van der Waals surface area contributed by atoms with Crippen LogP contribution in [0.4, 0.5) is 5.69 Å². The van der Waals surface area contributed by atoms with Crippen LogP contribution in [0.3, 0.4) is 0 Å². The van der Waals surface area contributed by atoms with Gasteiger partial charge in [0.2, 0.25) is 5.91 Å². The Morgan fingerprint density at radius 3 is 2.28 bits per heavy atom. The summed E-state index contributed by atoms with van der Waals surface area (Å²) in [5.41, 5.74) is 2.91. The molecule has 0 atom stereocenters. The van der Waals surface area contributed by atoms with E-state index in [1.165, 1.54) is 0 Å². The van der Waals surface area contributed by atoms with Gasteiger partial charge in [0.05, 0.1) is 0 Å². The highest BCUT2D eigenvalue weighted by atomic mass is 16.6. The number of carbonyl (C=O) groups is 2. The number of nitrogens with zero attached hydrogens (tertiary/aromatic N) is 2. The second-order valence-corrected chi connectivity index (χ2v) is 7.45. The number of anilines is 1. The van der Waals surface area contributed by atoms with E-state index >= 15 is 0 Å². The van der Waals surface area contributed by atoms with Crippen LogP contribution in [0.5, 0.6) is 11.5 Å². The minimum Gasteiger partial charge on any atom is -0.486 e. The Morgan fingerprint density at radius 2 is 1.59 bits per heavy atom. The van der Waals surface area contributed by atoms with E-state index in [4.69, 9.17) is 9.47 Å². The Bertz CT molecular complexity index is 886. The lowest BCUT2D eigenvalue weighted by molar-refractivity contribution is -0.131. The monoisotopic (exact) mass is 394 g/mol. The van der Waals surface area contributed by atoms with Crippen LogP contribution in [-0.4, -0.2) is 56.0 Å². The number of piperazine rings is 1. The number of hydrogen-bond acceptors (Lipinski definition) is 5. The van der Waals surface area contributed by atoms with Crippen LogP contribution >= 0.6 is 0 Å². The van der Waals surface area contributed by atoms with Gasteiger partial charge in [0.25, 0.3) is 0 Å². The fourth-order valence-corrected chi connectivity index (χ4v) is 3.77. The third-order valence-corrected chi connectivity index (χ3v) is 5.51. The quantitative estimate of drug-likeness (QED) is 0.730. The van der Waals surface area contributed by atoms with Gasteiger partial charge in [0.15, 0.2) is 17.3 Å². The average molecular weight is 394 g/mol. The van der Waals surface area contributed by atoms with Crippen molar-refractivity contribution in [3.63, 3.8) is 0 Å². The number of ketones is 1.